The van der Waals surface area contributed by atoms with Crippen LogP contribution in [-0.4, -0.2) is 41.5 Å². The van der Waals surface area contributed by atoms with Gasteiger partial charge < -0.3 is 10.1 Å². The number of carbonyl (C=O) groups excluding carboxylic acids is 1. The zero-order chi connectivity index (χ0) is 22.0. The van der Waals surface area contributed by atoms with Gasteiger partial charge in [-0.05, 0) is 48.7 Å². The molecule has 0 aliphatic carbocycles. The third-order valence-electron chi connectivity index (χ3n) is 5.56. The van der Waals surface area contributed by atoms with Crippen molar-refractivity contribution in [1.29, 1.82) is 0 Å². The van der Waals surface area contributed by atoms with Crippen LogP contribution in [0, 0.1) is 0 Å². The fourth-order valence-corrected chi connectivity index (χ4v) is 3.79. The van der Waals surface area contributed by atoms with Crippen LogP contribution < -0.4 is 10.1 Å². The number of carbonyl (C=O) groups is 1. The Bertz CT molecular complexity index is 1010. The van der Waals surface area contributed by atoms with Gasteiger partial charge in [0.05, 0.1) is 12.2 Å². The topological polar surface area (TPSA) is 54.5 Å². The number of benzene rings is 2. The molecule has 1 aliphatic heterocycles. The molecule has 1 amide bonds. The smallest absolute Gasteiger partial charge is 0.251 e. The molecule has 1 aromatic heterocycles. The quantitative estimate of drug-likeness (QED) is 0.572. The first kappa shape index (κ1) is 21.8. The number of ether oxygens (including phenoxy) is 1. The molecule has 2 heterocycles. The first-order valence-electron chi connectivity index (χ1n) is 11.1. The van der Waals surface area contributed by atoms with Gasteiger partial charge in [-0.25, -0.2) is 0 Å². The molecule has 5 heteroatoms. The summed E-state index contributed by atoms with van der Waals surface area (Å²) in [6, 6.07) is 23.5. The summed E-state index contributed by atoms with van der Waals surface area (Å²) < 4.78 is 6.19. The Kier molecular flexibility index (Phi) is 7.66. The predicted octanol–water partition coefficient (Wildman–Crippen LogP) is 4.57. The van der Waals surface area contributed by atoms with Gasteiger partial charge in [0.2, 0.25) is 0 Å². The highest BCUT2D eigenvalue weighted by atomic mass is 16.5. The lowest BCUT2D eigenvalue weighted by Crippen LogP contribution is -2.38. The summed E-state index contributed by atoms with van der Waals surface area (Å²) in [6.07, 6.45) is 8.26. The van der Waals surface area contributed by atoms with Crippen molar-refractivity contribution >= 4 is 12.0 Å². The van der Waals surface area contributed by atoms with Crippen LogP contribution >= 0.6 is 0 Å². The van der Waals surface area contributed by atoms with E-state index in [2.05, 4.69) is 51.6 Å². The van der Waals surface area contributed by atoms with Crippen molar-refractivity contribution in [1.82, 2.24) is 15.2 Å². The van der Waals surface area contributed by atoms with Gasteiger partial charge in [0.15, 0.2) is 0 Å². The van der Waals surface area contributed by atoms with E-state index >= 15 is 0 Å². The van der Waals surface area contributed by atoms with E-state index in [4.69, 9.17) is 4.74 Å². The standard InChI is InChI=1S/C27H29N3O2/c31-27(29-21-24-12-4-5-16-28-24)23-11-6-13-26(20-23)32-25-14-18-30(19-15-25)17-7-10-22-8-2-1-3-9-22/h1-13,16,20,25H,14-15,17-19,21H2,(H,29,31). The normalized spacial score (nSPS) is 15.0. The Morgan fingerprint density at radius 1 is 1.03 bits per heavy atom. The van der Waals surface area contributed by atoms with Crippen LogP contribution in [0.5, 0.6) is 5.75 Å². The number of nitrogens with zero attached hydrogens (tertiary/aromatic N) is 2. The Morgan fingerprint density at radius 3 is 2.62 bits per heavy atom. The monoisotopic (exact) mass is 427 g/mol. The molecule has 1 aliphatic rings. The first-order chi connectivity index (χ1) is 15.8. The maximum absolute atomic E-state index is 12.5. The van der Waals surface area contributed by atoms with E-state index in [0.29, 0.717) is 12.1 Å². The zero-order valence-electron chi connectivity index (χ0n) is 18.2. The molecule has 1 saturated heterocycles. The molecule has 0 atom stereocenters. The van der Waals surface area contributed by atoms with Gasteiger partial charge in [0, 0.05) is 31.4 Å². The first-order valence-corrected chi connectivity index (χ1v) is 11.1. The van der Waals surface area contributed by atoms with E-state index in [1.807, 2.05) is 48.5 Å². The van der Waals surface area contributed by atoms with Crippen LogP contribution in [0.15, 0.2) is 85.1 Å². The lowest BCUT2D eigenvalue weighted by Gasteiger charge is -2.31. The molecule has 1 fully saturated rings. The van der Waals surface area contributed by atoms with Crippen molar-refractivity contribution in [3.8, 4) is 5.75 Å². The Labute approximate surface area is 189 Å². The summed E-state index contributed by atoms with van der Waals surface area (Å²) >= 11 is 0. The SMILES string of the molecule is O=C(NCc1ccccn1)c1cccc(OC2CCN(CC=Cc3ccccc3)CC2)c1. The van der Waals surface area contributed by atoms with Crippen LogP contribution in [-0.2, 0) is 6.54 Å². The fraction of sp³-hybridized carbons (Fsp3) is 0.259. The zero-order valence-corrected chi connectivity index (χ0v) is 18.2. The van der Waals surface area contributed by atoms with Gasteiger partial charge in [-0.1, -0.05) is 54.6 Å². The molecule has 0 saturated carbocycles. The van der Waals surface area contributed by atoms with Crippen molar-refractivity contribution in [3.05, 3.63) is 102 Å². The highest BCUT2D eigenvalue weighted by molar-refractivity contribution is 5.94. The Morgan fingerprint density at radius 2 is 1.84 bits per heavy atom. The van der Waals surface area contributed by atoms with Crippen molar-refractivity contribution in [2.45, 2.75) is 25.5 Å². The fourth-order valence-electron chi connectivity index (χ4n) is 3.79. The molecule has 0 spiro atoms. The molecule has 4 rings (SSSR count). The number of aromatic nitrogens is 1. The molecule has 2 aromatic carbocycles. The van der Waals surface area contributed by atoms with Gasteiger partial charge >= 0.3 is 0 Å². The number of rotatable bonds is 8. The van der Waals surface area contributed by atoms with E-state index in [-0.39, 0.29) is 12.0 Å². The lowest BCUT2D eigenvalue weighted by molar-refractivity contribution is 0.0945. The molecule has 3 aromatic rings. The Hall–Kier alpha value is -3.44. The van der Waals surface area contributed by atoms with Crippen LogP contribution in [0.25, 0.3) is 6.08 Å². The van der Waals surface area contributed by atoms with E-state index in [0.717, 1.165) is 43.9 Å². The second kappa shape index (κ2) is 11.3. The number of likely N-dealkylation sites (tertiary alicyclic amines) is 1. The van der Waals surface area contributed by atoms with Gasteiger partial charge in [-0.15, -0.1) is 0 Å². The van der Waals surface area contributed by atoms with Gasteiger partial charge in [-0.3, -0.25) is 14.7 Å². The average Bonchev–Trinajstić information content (AvgIpc) is 2.85. The minimum atomic E-state index is -0.124. The average molecular weight is 428 g/mol. The maximum atomic E-state index is 12.5. The van der Waals surface area contributed by atoms with Crippen molar-refractivity contribution < 1.29 is 9.53 Å². The second-order valence-electron chi connectivity index (χ2n) is 7.96. The van der Waals surface area contributed by atoms with Crippen LogP contribution in [0.4, 0.5) is 0 Å². The van der Waals surface area contributed by atoms with E-state index in [1.54, 1.807) is 6.20 Å². The van der Waals surface area contributed by atoms with Crippen molar-refractivity contribution in [2.75, 3.05) is 19.6 Å². The van der Waals surface area contributed by atoms with E-state index in [1.165, 1.54) is 5.56 Å². The van der Waals surface area contributed by atoms with Gasteiger partial charge in [0.1, 0.15) is 11.9 Å². The van der Waals surface area contributed by atoms with Crippen molar-refractivity contribution in [3.63, 3.8) is 0 Å². The molecule has 1 N–H and O–H groups in total. The summed E-state index contributed by atoms with van der Waals surface area (Å²) in [5, 5.41) is 2.91. The second-order valence-corrected chi connectivity index (χ2v) is 7.96. The van der Waals surface area contributed by atoms with Crippen LogP contribution in [0.1, 0.15) is 34.5 Å². The van der Waals surface area contributed by atoms with Crippen LogP contribution in [0.3, 0.4) is 0 Å². The molecule has 0 unspecified atom stereocenters. The number of nitrogens with one attached hydrogen (secondary N) is 1. The molecular formula is C27H29N3O2. The third-order valence-corrected chi connectivity index (χ3v) is 5.56. The molecule has 164 valence electrons. The largest absolute Gasteiger partial charge is 0.490 e. The van der Waals surface area contributed by atoms with Gasteiger partial charge in [0.25, 0.3) is 5.91 Å². The molecule has 0 radical (unpaired) electrons. The van der Waals surface area contributed by atoms with Crippen molar-refractivity contribution in [2.24, 2.45) is 0 Å². The molecule has 0 bridgehead atoms. The highest BCUT2D eigenvalue weighted by Gasteiger charge is 2.20. The number of pyridine rings is 1. The summed E-state index contributed by atoms with van der Waals surface area (Å²) in [6.45, 7) is 3.37. The molecular weight excluding hydrogens is 398 g/mol. The third kappa shape index (κ3) is 6.53. The van der Waals surface area contributed by atoms with E-state index < -0.39 is 0 Å². The van der Waals surface area contributed by atoms with Gasteiger partial charge in [-0.2, -0.15) is 0 Å². The summed E-state index contributed by atoms with van der Waals surface area (Å²) in [5.41, 5.74) is 2.66. The summed E-state index contributed by atoms with van der Waals surface area (Å²) in [7, 11) is 0. The predicted molar refractivity (Wildman–Crippen MR) is 127 cm³/mol. The maximum Gasteiger partial charge on any atom is 0.251 e. The molecule has 32 heavy (non-hydrogen) atoms. The molecule has 5 nitrogen and oxygen atoms in total. The lowest BCUT2D eigenvalue weighted by atomic mass is 10.1. The number of hydrogen-bond donors (Lipinski definition) is 1. The van der Waals surface area contributed by atoms with E-state index in [9.17, 15) is 4.79 Å². The number of piperidine rings is 1. The number of amides is 1. The minimum absolute atomic E-state index is 0.124. The minimum Gasteiger partial charge on any atom is -0.490 e. The number of hydrogen-bond acceptors (Lipinski definition) is 4. The summed E-state index contributed by atoms with van der Waals surface area (Å²) in [5.74, 6) is 0.624. The van der Waals surface area contributed by atoms with Crippen LogP contribution in [0.2, 0.25) is 0 Å². The Balaban J connectivity index is 1.23. The summed E-state index contributed by atoms with van der Waals surface area (Å²) in [4.78, 5) is 19.2. The highest BCUT2D eigenvalue weighted by Crippen LogP contribution is 2.20.